The lowest BCUT2D eigenvalue weighted by Gasteiger charge is -2.34. The first-order chi connectivity index (χ1) is 14.7. The lowest BCUT2D eigenvalue weighted by Crippen LogP contribution is -2.57. The average molecular weight is 472 g/mol. The van der Waals surface area contributed by atoms with Crippen LogP contribution >= 0.6 is 11.8 Å². The summed E-state index contributed by atoms with van der Waals surface area (Å²) >= 11 is 1.62. The van der Waals surface area contributed by atoms with Crippen molar-refractivity contribution in [2.75, 3.05) is 19.9 Å². The van der Waals surface area contributed by atoms with Crippen LogP contribution in [0.3, 0.4) is 0 Å². The van der Waals surface area contributed by atoms with Crippen LogP contribution in [-0.4, -0.2) is 82.7 Å². The van der Waals surface area contributed by atoms with Gasteiger partial charge in [-0.15, -0.1) is 11.8 Å². The predicted molar refractivity (Wildman–Crippen MR) is 122 cm³/mol. The minimum absolute atomic E-state index is 0.144. The molecule has 0 aliphatic carbocycles. The molecule has 0 unspecified atom stereocenters. The van der Waals surface area contributed by atoms with Gasteiger partial charge < -0.3 is 19.7 Å². The van der Waals surface area contributed by atoms with E-state index in [1.165, 1.54) is 19.1 Å². The van der Waals surface area contributed by atoms with Crippen molar-refractivity contribution in [2.45, 2.75) is 89.9 Å². The highest BCUT2D eigenvalue weighted by molar-refractivity contribution is 7.99. The Kier molecular flexibility index (Phi) is 8.12. The molecule has 182 valence electrons. The molecule has 9 nitrogen and oxygen atoms in total. The van der Waals surface area contributed by atoms with E-state index >= 15 is 0 Å². The van der Waals surface area contributed by atoms with Crippen molar-refractivity contribution in [1.82, 2.24) is 15.1 Å². The minimum Gasteiger partial charge on any atom is -0.467 e. The van der Waals surface area contributed by atoms with Crippen molar-refractivity contribution in [2.24, 2.45) is 5.41 Å². The van der Waals surface area contributed by atoms with E-state index in [2.05, 4.69) is 5.32 Å². The molecule has 0 spiro atoms. The maximum Gasteiger partial charge on any atom is 0.410 e. The highest BCUT2D eigenvalue weighted by Gasteiger charge is 2.55. The van der Waals surface area contributed by atoms with E-state index in [1.807, 2.05) is 13.8 Å². The SMILES string of the molecule is CC[C@@H](C(=O)N[C@H]1CCS[C@H]2CC(C)(C)[C@@H](C(=O)OC)N2C1=O)N(C)C(=O)OC(C)(C)C. The first kappa shape index (κ1) is 26.3. The van der Waals surface area contributed by atoms with Crippen LogP contribution in [0.2, 0.25) is 0 Å². The van der Waals surface area contributed by atoms with E-state index in [1.54, 1.807) is 44.4 Å². The van der Waals surface area contributed by atoms with Gasteiger partial charge in [-0.3, -0.25) is 14.5 Å². The second-order valence-electron chi connectivity index (χ2n) is 10.1. The maximum absolute atomic E-state index is 13.5. The maximum atomic E-state index is 13.5. The summed E-state index contributed by atoms with van der Waals surface area (Å²) in [6.45, 7) is 11.0. The quantitative estimate of drug-likeness (QED) is 0.614. The summed E-state index contributed by atoms with van der Waals surface area (Å²) in [5.41, 5.74) is -1.12. The molecule has 3 amide bonds. The number of nitrogens with zero attached hydrogens (tertiary/aromatic N) is 2. The van der Waals surface area contributed by atoms with Crippen LogP contribution in [0.25, 0.3) is 0 Å². The van der Waals surface area contributed by atoms with Crippen LogP contribution in [-0.2, 0) is 23.9 Å². The molecule has 0 aromatic rings. The molecule has 0 radical (unpaired) electrons. The molecule has 32 heavy (non-hydrogen) atoms. The molecule has 10 heteroatoms. The molecule has 0 saturated carbocycles. The molecule has 1 N–H and O–H groups in total. The molecule has 0 bridgehead atoms. The molecular formula is C22H37N3O6S. The van der Waals surface area contributed by atoms with Gasteiger partial charge in [0.15, 0.2) is 0 Å². The number of esters is 1. The van der Waals surface area contributed by atoms with E-state index in [-0.39, 0.29) is 11.3 Å². The second kappa shape index (κ2) is 9.89. The molecule has 2 aliphatic heterocycles. The molecule has 2 fully saturated rings. The number of rotatable bonds is 5. The second-order valence-corrected chi connectivity index (χ2v) is 11.3. The Morgan fingerprint density at radius 1 is 1.31 bits per heavy atom. The number of hydrogen-bond donors (Lipinski definition) is 1. The zero-order chi connectivity index (χ0) is 24.4. The van der Waals surface area contributed by atoms with Gasteiger partial charge in [0.1, 0.15) is 23.7 Å². The Bertz CT molecular complexity index is 750. The lowest BCUT2D eigenvalue weighted by molar-refractivity contribution is -0.155. The number of ether oxygens (including phenoxy) is 2. The summed E-state index contributed by atoms with van der Waals surface area (Å²) in [5, 5.41) is 2.69. The summed E-state index contributed by atoms with van der Waals surface area (Å²) in [6, 6.07) is -2.26. The van der Waals surface area contributed by atoms with Gasteiger partial charge in [0, 0.05) is 7.05 Å². The van der Waals surface area contributed by atoms with E-state index in [9.17, 15) is 19.2 Å². The number of carbonyl (C=O) groups is 4. The monoisotopic (exact) mass is 471 g/mol. The van der Waals surface area contributed by atoms with E-state index in [0.29, 0.717) is 25.0 Å². The van der Waals surface area contributed by atoms with Crippen molar-refractivity contribution < 1.29 is 28.7 Å². The number of nitrogens with one attached hydrogen (secondary N) is 1. The third-order valence-electron chi connectivity index (χ3n) is 5.88. The summed E-state index contributed by atoms with van der Waals surface area (Å²) in [6.07, 6.45) is 0.877. The van der Waals surface area contributed by atoms with Crippen LogP contribution in [0.5, 0.6) is 0 Å². The Labute approximate surface area is 194 Å². The highest BCUT2D eigenvalue weighted by atomic mass is 32.2. The number of carbonyl (C=O) groups excluding carboxylic acids is 4. The fraction of sp³-hybridized carbons (Fsp3) is 0.818. The van der Waals surface area contributed by atoms with Gasteiger partial charge in [0.05, 0.1) is 12.5 Å². The molecule has 2 saturated heterocycles. The van der Waals surface area contributed by atoms with Crippen LogP contribution in [0.4, 0.5) is 4.79 Å². The first-order valence-electron chi connectivity index (χ1n) is 11.0. The Hall–Kier alpha value is -1.97. The molecule has 2 rings (SSSR count). The topological polar surface area (TPSA) is 105 Å². The van der Waals surface area contributed by atoms with Crippen LogP contribution < -0.4 is 5.32 Å². The predicted octanol–water partition coefficient (Wildman–Crippen LogP) is 2.38. The van der Waals surface area contributed by atoms with Gasteiger partial charge in [0.2, 0.25) is 11.8 Å². The fourth-order valence-electron chi connectivity index (χ4n) is 4.28. The fourth-order valence-corrected chi connectivity index (χ4v) is 5.86. The molecule has 0 aromatic carbocycles. The van der Waals surface area contributed by atoms with Crippen molar-refractivity contribution >= 4 is 35.6 Å². The number of fused-ring (bicyclic) bond motifs is 1. The van der Waals surface area contributed by atoms with Crippen molar-refractivity contribution in [3.63, 3.8) is 0 Å². The summed E-state index contributed by atoms with van der Waals surface area (Å²) in [7, 11) is 2.83. The van der Waals surface area contributed by atoms with Gasteiger partial charge >= 0.3 is 12.1 Å². The summed E-state index contributed by atoms with van der Waals surface area (Å²) in [5.74, 6) is -0.491. The zero-order valence-electron chi connectivity index (χ0n) is 20.4. The van der Waals surface area contributed by atoms with Crippen LogP contribution in [0.1, 0.15) is 60.8 Å². The number of thioether (sulfide) groups is 1. The summed E-state index contributed by atoms with van der Waals surface area (Å²) < 4.78 is 10.4. The van der Waals surface area contributed by atoms with Crippen LogP contribution in [0.15, 0.2) is 0 Å². The highest BCUT2D eigenvalue weighted by Crippen LogP contribution is 2.46. The van der Waals surface area contributed by atoms with Gasteiger partial charge in [-0.2, -0.15) is 0 Å². The normalized spacial score (nSPS) is 25.9. The van der Waals surface area contributed by atoms with E-state index < -0.39 is 47.1 Å². The average Bonchev–Trinajstić information content (AvgIpc) is 2.86. The molecule has 0 aromatic heterocycles. The third kappa shape index (κ3) is 5.68. The number of methoxy groups -OCH3 is 1. The van der Waals surface area contributed by atoms with Crippen LogP contribution in [0, 0.1) is 5.41 Å². The first-order valence-corrected chi connectivity index (χ1v) is 12.1. The Morgan fingerprint density at radius 2 is 1.94 bits per heavy atom. The van der Waals surface area contributed by atoms with Crippen molar-refractivity contribution in [3.8, 4) is 0 Å². The van der Waals surface area contributed by atoms with Crippen molar-refractivity contribution in [3.05, 3.63) is 0 Å². The number of amides is 3. The van der Waals surface area contributed by atoms with Gasteiger partial charge in [-0.05, 0) is 51.2 Å². The largest absolute Gasteiger partial charge is 0.467 e. The smallest absolute Gasteiger partial charge is 0.410 e. The standard InChI is InChI=1S/C22H37N3O6S/c1-9-14(24(7)20(29)31-21(2,3)4)17(26)23-13-10-11-32-15-12-22(5,6)16(19(28)30-8)25(15)18(13)27/h13-16H,9-12H2,1-8H3,(H,23,26)/t13-,14-,15-,16+/m0/s1. The summed E-state index contributed by atoms with van der Waals surface area (Å²) in [4.78, 5) is 54.4. The number of hydrogen-bond acceptors (Lipinski definition) is 7. The lowest BCUT2D eigenvalue weighted by atomic mass is 9.84. The Balaban J connectivity index is 2.19. The van der Waals surface area contributed by atoms with E-state index in [0.717, 1.165) is 0 Å². The molecule has 2 heterocycles. The number of likely N-dealkylation sites (N-methyl/N-ethyl adjacent to an activating group) is 1. The molecular weight excluding hydrogens is 434 g/mol. The third-order valence-corrected chi connectivity index (χ3v) is 7.13. The van der Waals surface area contributed by atoms with E-state index in [4.69, 9.17) is 9.47 Å². The molecule has 2 aliphatic rings. The van der Waals surface area contributed by atoms with Crippen molar-refractivity contribution in [1.29, 1.82) is 0 Å². The minimum atomic E-state index is -0.782. The molecule has 4 atom stereocenters. The zero-order valence-corrected chi connectivity index (χ0v) is 21.2. The Morgan fingerprint density at radius 3 is 2.47 bits per heavy atom. The van der Waals surface area contributed by atoms with Gasteiger partial charge in [-0.25, -0.2) is 9.59 Å². The van der Waals surface area contributed by atoms with Gasteiger partial charge in [-0.1, -0.05) is 20.8 Å². The van der Waals surface area contributed by atoms with Gasteiger partial charge in [0.25, 0.3) is 0 Å².